The van der Waals surface area contributed by atoms with Crippen LogP contribution in [0.1, 0.15) is 50.8 Å². The highest BCUT2D eigenvalue weighted by Crippen LogP contribution is 2.41. The third kappa shape index (κ3) is 4.18. The Balaban J connectivity index is 1.72. The van der Waals surface area contributed by atoms with Gasteiger partial charge in [-0.1, -0.05) is 55.5 Å². The van der Waals surface area contributed by atoms with Gasteiger partial charge in [0.15, 0.2) is 0 Å². The van der Waals surface area contributed by atoms with Crippen LogP contribution in [0.3, 0.4) is 0 Å². The van der Waals surface area contributed by atoms with Gasteiger partial charge < -0.3 is 5.32 Å². The van der Waals surface area contributed by atoms with Crippen LogP contribution >= 0.6 is 11.3 Å². The van der Waals surface area contributed by atoms with E-state index in [2.05, 4.69) is 12.2 Å². The van der Waals surface area contributed by atoms with Crippen molar-refractivity contribution in [2.75, 3.05) is 5.32 Å². The van der Waals surface area contributed by atoms with Gasteiger partial charge in [-0.25, -0.2) is 4.99 Å². The molecule has 0 unspecified atom stereocenters. The van der Waals surface area contributed by atoms with Crippen molar-refractivity contribution in [2.45, 2.75) is 40.0 Å². The highest BCUT2D eigenvalue weighted by molar-refractivity contribution is 7.16. The molecular formula is C25H26N2OS. The highest BCUT2D eigenvalue weighted by Gasteiger charge is 2.27. The Labute approximate surface area is 176 Å². The number of thiophene rings is 1. The number of aryl methyl sites for hydroxylation is 2. The Kier molecular flexibility index (Phi) is 5.63. The van der Waals surface area contributed by atoms with Gasteiger partial charge in [0, 0.05) is 16.8 Å². The number of hydrogen-bond acceptors (Lipinski definition) is 3. The summed E-state index contributed by atoms with van der Waals surface area (Å²) in [6.45, 7) is 6.34. The molecule has 1 amide bonds. The Hall–Kier alpha value is -2.72. The van der Waals surface area contributed by atoms with Crippen LogP contribution in [0.4, 0.5) is 10.7 Å². The average Bonchev–Trinajstić information content (AvgIpc) is 3.07. The Morgan fingerprint density at radius 1 is 1.10 bits per heavy atom. The fourth-order valence-electron chi connectivity index (χ4n) is 3.92. The Bertz CT molecular complexity index is 1050. The first kappa shape index (κ1) is 19.6. The van der Waals surface area contributed by atoms with Crippen LogP contribution < -0.4 is 5.32 Å². The van der Waals surface area contributed by atoms with Crippen molar-refractivity contribution in [3.05, 3.63) is 81.2 Å². The molecule has 148 valence electrons. The summed E-state index contributed by atoms with van der Waals surface area (Å²) in [5.41, 5.74) is 6.03. The first-order chi connectivity index (χ1) is 14.0. The number of fused-ring (bicyclic) bond motifs is 1. The standard InChI is InChI=1S/C25H26N2OS/c1-16-12-13-20-21(14-16)29-25(26-15-19-10-5-4-6-11-19)22(20)24(28)27-23-17(2)8-7-9-18(23)3/h4-11,15-16H,12-14H2,1-3H3,(H,27,28)/t16-/m0/s1. The summed E-state index contributed by atoms with van der Waals surface area (Å²) in [4.78, 5) is 19.4. The molecule has 0 bridgehead atoms. The summed E-state index contributed by atoms with van der Waals surface area (Å²) < 4.78 is 0. The maximum absolute atomic E-state index is 13.4. The van der Waals surface area contributed by atoms with Gasteiger partial charge in [0.2, 0.25) is 0 Å². The van der Waals surface area contributed by atoms with E-state index in [-0.39, 0.29) is 5.91 Å². The molecule has 2 aromatic carbocycles. The molecule has 1 aliphatic rings. The minimum absolute atomic E-state index is 0.0466. The minimum atomic E-state index is -0.0466. The van der Waals surface area contributed by atoms with Gasteiger partial charge >= 0.3 is 0 Å². The van der Waals surface area contributed by atoms with Crippen LogP contribution in [-0.4, -0.2) is 12.1 Å². The topological polar surface area (TPSA) is 41.5 Å². The molecular weight excluding hydrogens is 376 g/mol. The third-order valence-electron chi connectivity index (χ3n) is 5.57. The molecule has 3 nitrogen and oxygen atoms in total. The lowest BCUT2D eigenvalue weighted by Gasteiger charge is -2.19. The smallest absolute Gasteiger partial charge is 0.259 e. The fraction of sp³-hybridized carbons (Fsp3) is 0.280. The molecule has 4 heteroatoms. The van der Waals surface area contributed by atoms with Crippen LogP contribution in [0.25, 0.3) is 0 Å². The van der Waals surface area contributed by atoms with Gasteiger partial charge in [-0.2, -0.15) is 0 Å². The molecule has 0 saturated heterocycles. The number of benzene rings is 2. The van der Waals surface area contributed by atoms with Crippen molar-refractivity contribution < 1.29 is 4.79 Å². The molecule has 29 heavy (non-hydrogen) atoms. The van der Waals surface area contributed by atoms with E-state index in [1.54, 1.807) is 11.3 Å². The molecule has 1 atom stereocenters. The van der Waals surface area contributed by atoms with Crippen molar-refractivity contribution in [1.29, 1.82) is 0 Å². The Morgan fingerprint density at radius 3 is 2.55 bits per heavy atom. The number of anilines is 1. The number of rotatable bonds is 4. The van der Waals surface area contributed by atoms with Crippen molar-refractivity contribution in [1.82, 2.24) is 0 Å². The van der Waals surface area contributed by atoms with Gasteiger partial charge in [-0.3, -0.25) is 4.79 Å². The molecule has 1 heterocycles. The van der Waals surface area contributed by atoms with Crippen LogP contribution in [0.15, 0.2) is 53.5 Å². The lowest BCUT2D eigenvalue weighted by molar-refractivity contribution is 0.102. The minimum Gasteiger partial charge on any atom is -0.321 e. The lowest BCUT2D eigenvalue weighted by atomic mass is 9.88. The first-order valence-corrected chi connectivity index (χ1v) is 11.0. The lowest BCUT2D eigenvalue weighted by Crippen LogP contribution is -2.17. The van der Waals surface area contributed by atoms with Crippen LogP contribution in [-0.2, 0) is 12.8 Å². The number of nitrogens with zero attached hydrogens (tertiary/aromatic N) is 1. The summed E-state index contributed by atoms with van der Waals surface area (Å²) in [6, 6.07) is 16.1. The number of aliphatic imine (C=N–C) groups is 1. The van der Waals surface area contributed by atoms with Crippen molar-refractivity contribution in [2.24, 2.45) is 10.9 Å². The van der Waals surface area contributed by atoms with Gasteiger partial charge in [0.1, 0.15) is 5.00 Å². The number of carbonyl (C=O) groups is 1. The quantitative estimate of drug-likeness (QED) is 0.498. The van der Waals surface area contributed by atoms with E-state index < -0.39 is 0 Å². The van der Waals surface area contributed by atoms with Gasteiger partial charge in [-0.15, -0.1) is 11.3 Å². The Morgan fingerprint density at radius 2 is 1.83 bits per heavy atom. The molecule has 3 aromatic rings. The van der Waals surface area contributed by atoms with Crippen molar-refractivity contribution in [3.8, 4) is 0 Å². The SMILES string of the molecule is Cc1cccc(C)c1NC(=O)c1c(N=Cc2ccccc2)sc2c1CC[C@H](C)C2. The molecule has 0 saturated carbocycles. The normalized spacial score (nSPS) is 16.0. The van der Waals surface area contributed by atoms with Crippen molar-refractivity contribution in [3.63, 3.8) is 0 Å². The van der Waals surface area contributed by atoms with E-state index in [1.807, 2.05) is 68.6 Å². The second-order valence-electron chi connectivity index (χ2n) is 7.92. The molecule has 1 N–H and O–H groups in total. The summed E-state index contributed by atoms with van der Waals surface area (Å²) >= 11 is 1.67. The average molecular weight is 403 g/mol. The van der Waals surface area contributed by atoms with E-state index in [0.717, 1.165) is 52.2 Å². The van der Waals surface area contributed by atoms with Crippen molar-refractivity contribution >= 4 is 34.1 Å². The molecule has 0 fully saturated rings. The summed E-state index contributed by atoms with van der Waals surface area (Å²) in [5, 5.41) is 3.99. The zero-order valence-corrected chi connectivity index (χ0v) is 18.0. The molecule has 0 spiro atoms. The largest absolute Gasteiger partial charge is 0.321 e. The van der Waals surface area contributed by atoms with Gasteiger partial charge in [0.25, 0.3) is 5.91 Å². The fourth-order valence-corrected chi connectivity index (χ4v) is 5.27. The molecule has 4 rings (SSSR count). The summed E-state index contributed by atoms with van der Waals surface area (Å²) in [5.74, 6) is 0.608. The first-order valence-electron chi connectivity index (χ1n) is 10.1. The van der Waals surface area contributed by atoms with E-state index in [1.165, 1.54) is 10.4 Å². The van der Waals surface area contributed by atoms with Crippen LogP contribution in [0, 0.1) is 19.8 Å². The monoisotopic (exact) mass is 402 g/mol. The van der Waals surface area contributed by atoms with Crippen LogP contribution in [0.2, 0.25) is 0 Å². The molecule has 0 radical (unpaired) electrons. The highest BCUT2D eigenvalue weighted by atomic mass is 32.1. The number of carbonyl (C=O) groups excluding carboxylic acids is 1. The molecule has 1 aromatic heterocycles. The number of para-hydroxylation sites is 1. The second kappa shape index (κ2) is 8.34. The summed E-state index contributed by atoms with van der Waals surface area (Å²) in [6.07, 6.45) is 4.96. The van der Waals surface area contributed by atoms with E-state index in [4.69, 9.17) is 4.99 Å². The van der Waals surface area contributed by atoms with Crippen LogP contribution in [0.5, 0.6) is 0 Å². The van der Waals surface area contributed by atoms with Gasteiger partial charge in [-0.05, 0) is 61.3 Å². The summed E-state index contributed by atoms with van der Waals surface area (Å²) in [7, 11) is 0. The predicted octanol–water partition coefficient (Wildman–Crippen LogP) is 6.49. The van der Waals surface area contributed by atoms with E-state index >= 15 is 0 Å². The zero-order valence-electron chi connectivity index (χ0n) is 17.2. The number of nitrogens with one attached hydrogen (secondary N) is 1. The van der Waals surface area contributed by atoms with E-state index in [9.17, 15) is 4.79 Å². The zero-order chi connectivity index (χ0) is 20.4. The molecule has 0 aliphatic heterocycles. The number of amides is 1. The maximum atomic E-state index is 13.4. The third-order valence-corrected chi connectivity index (χ3v) is 6.73. The van der Waals surface area contributed by atoms with E-state index in [0.29, 0.717) is 5.92 Å². The second-order valence-corrected chi connectivity index (χ2v) is 9.01. The molecule has 1 aliphatic carbocycles. The number of hydrogen-bond donors (Lipinski definition) is 1. The van der Waals surface area contributed by atoms with Gasteiger partial charge in [0.05, 0.1) is 5.56 Å². The predicted molar refractivity (Wildman–Crippen MR) is 123 cm³/mol. The maximum Gasteiger partial charge on any atom is 0.259 e.